The monoisotopic (exact) mass is 451 g/mol. The number of aromatic nitrogens is 4. The standard InChI is InChI=1S/C23H33N9O/c1-3-4-20(24)29-22-21-18(28-23(25)30-22)10-27-32(21)12-15-6-5-14(7-19(15)33-2)11-31-13-16-8-17(31)9-26-16/h5-7,10,16-17,20,26H,3-4,8-9,11-13,24H2,1-2H3,(H3,25,28,29,30). The van der Waals surface area contributed by atoms with Crippen LogP contribution in [0.2, 0.25) is 0 Å². The first-order valence-corrected chi connectivity index (χ1v) is 11.7. The van der Waals surface area contributed by atoms with E-state index in [1.807, 2.05) is 4.68 Å². The molecule has 0 radical (unpaired) electrons. The number of likely N-dealkylation sites (tertiary alicyclic amines) is 1. The fourth-order valence-electron chi connectivity index (χ4n) is 5.05. The maximum absolute atomic E-state index is 6.21. The predicted molar refractivity (Wildman–Crippen MR) is 129 cm³/mol. The molecule has 2 fully saturated rings. The number of piperazine rings is 1. The third kappa shape index (κ3) is 4.46. The van der Waals surface area contributed by atoms with Crippen LogP contribution in [0.4, 0.5) is 11.8 Å². The first-order valence-electron chi connectivity index (χ1n) is 11.7. The van der Waals surface area contributed by atoms with E-state index in [4.69, 9.17) is 16.2 Å². The Morgan fingerprint density at radius 3 is 2.91 bits per heavy atom. The first-order chi connectivity index (χ1) is 16.0. The molecule has 10 heteroatoms. The third-order valence-electron chi connectivity index (χ3n) is 6.65. The van der Waals surface area contributed by atoms with Gasteiger partial charge < -0.3 is 26.8 Å². The number of methoxy groups -OCH3 is 1. The minimum absolute atomic E-state index is 0.195. The van der Waals surface area contributed by atoms with Gasteiger partial charge in [0.25, 0.3) is 0 Å². The molecule has 3 atom stereocenters. The fourth-order valence-corrected chi connectivity index (χ4v) is 5.05. The van der Waals surface area contributed by atoms with E-state index in [9.17, 15) is 0 Å². The molecule has 10 nitrogen and oxygen atoms in total. The summed E-state index contributed by atoms with van der Waals surface area (Å²) in [6.07, 6.45) is 4.54. The van der Waals surface area contributed by atoms with Gasteiger partial charge in [-0.1, -0.05) is 25.5 Å². The average Bonchev–Trinajstić information content (AvgIpc) is 3.51. The molecule has 2 aromatic heterocycles. The molecule has 1 aromatic carbocycles. The average molecular weight is 452 g/mol. The van der Waals surface area contributed by atoms with E-state index in [1.165, 1.54) is 12.0 Å². The summed E-state index contributed by atoms with van der Waals surface area (Å²) in [7, 11) is 1.71. The number of hydrogen-bond acceptors (Lipinski definition) is 9. The van der Waals surface area contributed by atoms with Gasteiger partial charge in [0.1, 0.15) is 16.8 Å². The van der Waals surface area contributed by atoms with Gasteiger partial charge in [0, 0.05) is 37.3 Å². The fraction of sp³-hybridized carbons (Fsp3) is 0.522. The lowest BCUT2D eigenvalue weighted by Gasteiger charge is -2.27. The summed E-state index contributed by atoms with van der Waals surface area (Å²) in [5.74, 6) is 1.65. The Morgan fingerprint density at radius 2 is 2.18 bits per heavy atom. The molecule has 4 heterocycles. The molecule has 0 spiro atoms. The second kappa shape index (κ2) is 9.12. The summed E-state index contributed by atoms with van der Waals surface area (Å²) in [4.78, 5) is 11.3. The molecule has 0 aliphatic carbocycles. The molecular weight excluding hydrogens is 418 g/mol. The number of nitrogens with one attached hydrogen (secondary N) is 2. The molecule has 3 aromatic rings. The molecular formula is C23H33N9O. The zero-order valence-electron chi connectivity index (χ0n) is 19.3. The number of nitrogens with two attached hydrogens (primary N) is 2. The Hall–Kier alpha value is -2.95. The third-order valence-corrected chi connectivity index (χ3v) is 6.65. The molecule has 2 bridgehead atoms. The van der Waals surface area contributed by atoms with Crippen molar-refractivity contribution in [2.75, 3.05) is 31.2 Å². The van der Waals surface area contributed by atoms with Crippen molar-refractivity contribution in [2.24, 2.45) is 5.73 Å². The van der Waals surface area contributed by atoms with Crippen LogP contribution in [0.5, 0.6) is 5.75 Å². The molecule has 6 N–H and O–H groups in total. The smallest absolute Gasteiger partial charge is 0.222 e. The van der Waals surface area contributed by atoms with Crippen LogP contribution >= 0.6 is 0 Å². The lowest BCUT2D eigenvalue weighted by molar-refractivity contribution is 0.217. The minimum Gasteiger partial charge on any atom is -0.496 e. The molecule has 33 heavy (non-hydrogen) atoms. The molecule has 2 aliphatic rings. The maximum atomic E-state index is 6.21. The van der Waals surface area contributed by atoms with Gasteiger partial charge in [-0.25, -0.2) is 4.98 Å². The number of nitrogens with zero attached hydrogens (tertiary/aromatic N) is 5. The zero-order chi connectivity index (χ0) is 22.9. The molecule has 5 rings (SSSR count). The van der Waals surface area contributed by atoms with E-state index in [0.717, 1.165) is 49.3 Å². The molecule has 2 saturated heterocycles. The number of benzene rings is 1. The van der Waals surface area contributed by atoms with Crippen LogP contribution < -0.4 is 26.8 Å². The van der Waals surface area contributed by atoms with Gasteiger partial charge in [0.05, 0.1) is 26.0 Å². The highest BCUT2D eigenvalue weighted by atomic mass is 16.5. The summed E-state index contributed by atoms with van der Waals surface area (Å²) in [6.45, 7) is 5.78. The van der Waals surface area contributed by atoms with Crippen molar-refractivity contribution in [3.63, 3.8) is 0 Å². The van der Waals surface area contributed by atoms with Crippen molar-refractivity contribution in [2.45, 2.75) is 57.5 Å². The van der Waals surface area contributed by atoms with E-state index in [-0.39, 0.29) is 12.1 Å². The number of nitrogen functional groups attached to an aromatic ring is 1. The minimum atomic E-state index is -0.222. The number of ether oxygens (including phenoxy) is 1. The van der Waals surface area contributed by atoms with Gasteiger partial charge in [0.15, 0.2) is 5.82 Å². The topological polar surface area (TPSA) is 132 Å². The highest BCUT2D eigenvalue weighted by Gasteiger charge is 2.37. The van der Waals surface area contributed by atoms with Crippen molar-refractivity contribution in [3.8, 4) is 5.75 Å². The zero-order valence-corrected chi connectivity index (χ0v) is 19.3. The van der Waals surface area contributed by atoms with E-state index >= 15 is 0 Å². The van der Waals surface area contributed by atoms with Crippen molar-refractivity contribution >= 4 is 22.8 Å². The molecule has 0 saturated carbocycles. The van der Waals surface area contributed by atoms with Crippen molar-refractivity contribution in [1.82, 2.24) is 30.0 Å². The van der Waals surface area contributed by atoms with Crippen LogP contribution in [0.1, 0.15) is 37.3 Å². The number of anilines is 2. The second-order valence-electron chi connectivity index (χ2n) is 9.08. The lowest BCUT2D eigenvalue weighted by Crippen LogP contribution is -2.42. The Kier molecular flexibility index (Phi) is 6.05. The summed E-state index contributed by atoms with van der Waals surface area (Å²) in [5, 5.41) is 11.4. The number of rotatable bonds is 9. The maximum Gasteiger partial charge on any atom is 0.222 e. The second-order valence-corrected chi connectivity index (χ2v) is 9.08. The van der Waals surface area contributed by atoms with Crippen molar-refractivity contribution in [1.29, 1.82) is 0 Å². The van der Waals surface area contributed by atoms with Gasteiger partial charge in [-0.15, -0.1) is 0 Å². The highest BCUT2D eigenvalue weighted by Crippen LogP contribution is 2.29. The Morgan fingerprint density at radius 1 is 1.30 bits per heavy atom. The molecule has 176 valence electrons. The van der Waals surface area contributed by atoms with Crippen LogP contribution in [0.3, 0.4) is 0 Å². The quantitative estimate of drug-likeness (QED) is 0.357. The molecule has 3 unspecified atom stereocenters. The van der Waals surface area contributed by atoms with Crippen molar-refractivity contribution < 1.29 is 4.74 Å². The van der Waals surface area contributed by atoms with Gasteiger partial charge in [-0.2, -0.15) is 10.1 Å². The Bertz CT molecular complexity index is 1130. The van der Waals surface area contributed by atoms with Gasteiger partial charge >= 0.3 is 0 Å². The normalized spacial score (nSPS) is 21.1. The van der Waals surface area contributed by atoms with Gasteiger partial charge in [-0.3, -0.25) is 9.58 Å². The summed E-state index contributed by atoms with van der Waals surface area (Å²) >= 11 is 0. The number of hydrogen-bond donors (Lipinski definition) is 4. The summed E-state index contributed by atoms with van der Waals surface area (Å²) in [5.41, 5.74) is 15.9. The van der Waals surface area contributed by atoms with Crippen LogP contribution in [0.15, 0.2) is 24.4 Å². The van der Waals surface area contributed by atoms with E-state index in [2.05, 4.69) is 55.7 Å². The largest absolute Gasteiger partial charge is 0.496 e. The van der Waals surface area contributed by atoms with Crippen LogP contribution in [0, 0.1) is 0 Å². The Balaban J connectivity index is 1.39. The Labute approximate surface area is 193 Å². The van der Waals surface area contributed by atoms with Crippen molar-refractivity contribution in [3.05, 3.63) is 35.5 Å². The molecule has 0 amide bonds. The van der Waals surface area contributed by atoms with E-state index in [0.29, 0.717) is 30.0 Å². The summed E-state index contributed by atoms with van der Waals surface area (Å²) in [6, 6.07) is 7.75. The van der Waals surface area contributed by atoms with Crippen LogP contribution in [-0.4, -0.2) is 63.1 Å². The lowest BCUT2D eigenvalue weighted by atomic mass is 10.1. The highest BCUT2D eigenvalue weighted by molar-refractivity contribution is 5.86. The molecule has 2 aliphatic heterocycles. The van der Waals surface area contributed by atoms with Crippen LogP contribution in [0.25, 0.3) is 11.0 Å². The van der Waals surface area contributed by atoms with Gasteiger partial charge in [0.2, 0.25) is 5.95 Å². The first kappa shape index (κ1) is 21.9. The SMILES string of the molecule is CCCC(N)Nc1nc(N)nc2cnn(Cc3ccc(CN4CC5CC4CN5)cc3OC)c12. The number of fused-ring (bicyclic) bond motifs is 3. The van der Waals surface area contributed by atoms with E-state index < -0.39 is 0 Å². The summed E-state index contributed by atoms with van der Waals surface area (Å²) < 4.78 is 7.63. The van der Waals surface area contributed by atoms with Crippen LogP contribution in [-0.2, 0) is 13.1 Å². The van der Waals surface area contributed by atoms with E-state index in [1.54, 1.807) is 13.3 Å². The predicted octanol–water partition coefficient (Wildman–Crippen LogP) is 1.51. The van der Waals surface area contributed by atoms with Gasteiger partial charge in [-0.05, 0) is 24.5 Å².